The van der Waals surface area contributed by atoms with Crippen LogP contribution in [-0.2, 0) is 13.3 Å². The summed E-state index contributed by atoms with van der Waals surface area (Å²) in [4.78, 5) is 0. The number of alkyl halides is 21. The van der Waals surface area contributed by atoms with Gasteiger partial charge in [0.2, 0.25) is 0 Å². The zero-order valence-corrected chi connectivity index (χ0v) is 18.3. The second-order valence-electron chi connectivity index (χ2n) is 7.06. The number of halogens is 21. The fourth-order valence-electron chi connectivity index (χ4n) is 1.68. The first kappa shape index (κ1) is 36.6. The molecule has 0 aromatic carbocycles. The molecule has 0 rings (SSSR count). The molecule has 38 heavy (non-hydrogen) atoms. The van der Waals surface area contributed by atoms with Gasteiger partial charge in [-0.2, -0.15) is 92.2 Å². The van der Waals surface area contributed by atoms with E-state index in [1.54, 1.807) is 0 Å². The fraction of sp³-hybridized carbons (Fsp3) is 1.00. The molecule has 0 aromatic heterocycles. The SMILES string of the molecule is C[Si](OCC(F)(F)C(F)(F)C(F)(F)F)(OCC(F)(F)C(F)(F)C(F)(F)F)OCC(F)(F)C(F)(F)C(F)(F)F. The molecule has 0 aliphatic rings. The van der Waals surface area contributed by atoms with Crippen LogP contribution >= 0.6 is 0 Å². The highest BCUT2D eigenvalue weighted by atomic mass is 28.4. The summed E-state index contributed by atoms with van der Waals surface area (Å²) in [6, 6.07) is 0. The summed E-state index contributed by atoms with van der Waals surface area (Å²) in [6.07, 6.45) is -21.4. The Labute approximate surface area is 196 Å². The summed E-state index contributed by atoms with van der Waals surface area (Å²) in [5.74, 6) is -41.0. The van der Waals surface area contributed by atoms with Crippen molar-refractivity contribution in [3.63, 3.8) is 0 Å². The Bertz CT molecular complexity index is 695. The van der Waals surface area contributed by atoms with Gasteiger partial charge in [-0.05, 0) is 0 Å². The highest BCUT2D eigenvalue weighted by Crippen LogP contribution is 2.49. The number of hydrogen-bond acceptors (Lipinski definition) is 3. The lowest BCUT2D eigenvalue weighted by molar-refractivity contribution is -0.364. The molecule has 25 heteroatoms. The van der Waals surface area contributed by atoms with Gasteiger partial charge in [-0.15, -0.1) is 0 Å². The molecule has 0 spiro atoms. The normalized spacial score (nSPS) is 16.3. The van der Waals surface area contributed by atoms with E-state index in [0.29, 0.717) is 0 Å². The van der Waals surface area contributed by atoms with Gasteiger partial charge in [0.1, 0.15) is 19.8 Å². The third-order valence-electron chi connectivity index (χ3n) is 3.99. The van der Waals surface area contributed by atoms with Crippen LogP contribution in [0.25, 0.3) is 0 Å². The minimum atomic E-state index is -7.14. The summed E-state index contributed by atoms with van der Waals surface area (Å²) in [5, 5.41) is 0. The molecule has 3 nitrogen and oxygen atoms in total. The zero-order chi connectivity index (χ0) is 31.2. The molecular formula is C13H9F21O3Si. The average Bonchev–Trinajstić information content (AvgIpc) is 2.67. The second kappa shape index (κ2) is 10.2. The van der Waals surface area contributed by atoms with Gasteiger partial charge in [0.15, 0.2) is 0 Å². The van der Waals surface area contributed by atoms with E-state index >= 15 is 0 Å². The number of hydrogen-bond donors (Lipinski definition) is 0. The van der Waals surface area contributed by atoms with Crippen LogP contribution in [0.1, 0.15) is 0 Å². The van der Waals surface area contributed by atoms with E-state index in [1.807, 2.05) is 0 Å². The zero-order valence-electron chi connectivity index (χ0n) is 17.3. The van der Waals surface area contributed by atoms with Gasteiger partial charge in [-0.3, -0.25) is 0 Å². The molecule has 0 fully saturated rings. The van der Waals surface area contributed by atoms with Crippen LogP contribution in [-0.4, -0.2) is 82.7 Å². The van der Waals surface area contributed by atoms with Gasteiger partial charge in [0, 0.05) is 6.55 Å². The molecule has 0 saturated heterocycles. The predicted molar refractivity (Wildman–Crippen MR) is 77.3 cm³/mol. The van der Waals surface area contributed by atoms with E-state index < -0.39 is 89.2 Å². The molecule has 0 saturated carbocycles. The minimum Gasteiger partial charge on any atom is -0.367 e. The first-order valence-corrected chi connectivity index (χ1v) is 10.7. The largest absolute Gasteiger partial charge is 0.498 e. The molecule has 0 unspecified atom stereocenters. The topological polar surface area (TPSA) is 27.7 Å². The summed E-state index contributed by atoms with van der Waals surface area (Å²) < 4.78 is 277. The quantitative estimate of drug-likeness (QED) is 0.168. The van der Waals surface area contributed by atoms with Crippen molar-refractivity contribution >= 4 is 8.80 Å². The molecule has 230 valence electrons. The summed E-state index contributed by atoms with van der Waals surface area (Å²) in [7, 11) is -6.53. The third kappa shape index (κ3) is 7.22. The lowest BCUT2D eigenvalue weighted by Gasteiger charge is -2.35. The van der Waals surface area contributed by atoms with Gasteiger partial charge < -0.3 is 13.3 Å². The van der Waals surface area contributed by atoms with E-state index in [-0.39, 0.29) is 0 Å². The van der Waals surface area contributed by atoms with Crippen molar-refractivity contribution in [2.45, 2.75) is 60.6 Å². The van der Waals surface area contributed by atoms with Gasteiger partial charge in [-0.25, -0.2) is 0 Å². The van der Waals surface area contributed by atoms with E-state index in [1.165, 1.54) is 0 Å². The molecule has 0 aromatic rings. The Morgan fingerprint density at radius 2 is 0.526 bits per heavy atom. The van der Waals surface area contributed by atoms with Gasteiger partial charge in [-0.1, -0.05) is 0 Å². The maximum atomic E-state index is 13.3. The van der Waals surface area contributed by atoms with Crippen molar-refractivity contribution in [1.82, 2.24) is 0 Å². The van der Waals surface area contributed by atoms with Crippen molar-refractivity contribution in [2.75, 3.05) is 19.8 Å². The monoisotopic (exact) mass is 640 g/mol. The van der Waals surface area contributed by atoms with Crippen LogP contribution in [0, 0.1) is 0 Å². The van der Waals surface area contributed by atoms with Crippen LogP contribution in [0.5, 0.6) is 0 Å². The lowest BCUT2D eigenvalue weighted by Crippen LogP contribution is -2.60. The van der Waals surface area contributed by atoms with E-state index in [4.69, 9.17) is 0 Å². The van der Waals surface area contributed by atoms with Crippen molar-refractivity contribution in [3.05, 3.63) is 0 Å². The third-order valence-corrected chi connectivity index (χ3v) is 6.00. The smallest absolute Gasteiger partial charge is 0.367 e. The predicted octanol–water partition coefficient (Wildman–Crippen LogP) is 7.10. The minimum absolute atomic E-state index is 0.460. The van der Waals surface area contributed by atoms with E-state index in [9.17, 15) is 92.2 Å². The van der Waals surface area contributed by atoms with E-state index in [2.05, 4.69) is 13.3 Å². The van der Waals surface area contributed by atoms with Crippen LogP contribution in [0.2, 0.25) is 6.55 Å². The standard InChI is InChI=1S/C13H9F21O3Si/c1-38(35-2-5(14,15)8(20,21)11(26,27)28,36-3-6(16,17)9(22,23)12(29,30)31)37-4-7(18,19)10(24,25)13(32,33)34/h2-4H2,1H3. The molecule has 0 amide bonds. The molecule has 0 heterocycles. The fourth-order valence-corrected chi connectivity index (χ4v) is 3.26. The van der Waals surface area contributed by atoms with Crippen LogP contribution in [0.15, 0.2) is 0 Å². The van der Waals surface area contributed by atoms with E-state index in [0.717, 1.165) is 0 Å². The molecule has 0 aliphatic carbocycles. The first-order valence-electron chi connectivity index (χ1n) is 8.51. The van der Waals surface area contributed by atoms with Gasteiger partial charge in [0.05, 0.1) is 0 Å². The van der Waals surface area contributed by atoms with Crippen LogP contribution in [0.4, 0.5) is 92.2 Å². The Balaban J connectivity index is 6.24. The number of rotatable bonds is 12. The molecule has 0 aliphatic heterocycles. The van der Waals surface area contributed by atoms with Crippen molar-refractivity contribution < 1.29 is 105 Å². The van der Waals surface area contributed by atoms with Crippen molar-refractivity contribution in [3.8, 4) is 0 Å². The average molecular weight is 640 g/mol. The highest BCUT2D eigenvalue weighted by molar-refractivity contribution is 6.59. The Kier molecular flexibility index (Phi) is 9.86. The molecule has 0 atom stereocenters. The molecular weight excluding hydrogens is 631 g/mol. The van der Waals surface area contributed by atoms with Gasteiger partial charge >= 0.3 is 62.9 Å². The summed E-state index contributed by atoms with van der Waals surface area (Å²) >= 11 is 0. The highest BCUT2D eigenvalue weighted by Gasteiger charge is 2.76. The Hall–Kier alpha value is -1.37. The summed E-state index contributed by atoms with van der Waals surface area (Å²) in [6.45, 7) is -11.0. The van der Waals surface area contributed by atoms with Crippen LogP contribution in [0.3, 0.4) is 0 Å². The first-order chi connectivity index (χ1) is 16.1. The molecule has 0 bridgehead atoms. The second-order valence-corrected chi connectivity index (χ2v) is 9.65. The summed E-state index contributed by atoms with van der Waals surface area (Å²) in [5.41, 5.74) is 0. The molecule has 0 radical (unpaired) electrons. The maximum Gasteiger partial charge on any atom is 0.498 e. The Morgan fingerprint density at radius 3 is 0.658 bits per heavy atom. The van der Waals surface area contributed by atoms with Gasteiger partial charge in [0.25, 0.3) is 0 Å². The Morgan fingerprint density at radius 1 is 0.368 bits per heavy atom. The maximum absolute atomic E-state index is 13.3. The lowest BCUT2D eigenvalue weighted by atomic mass is 10.2. The molecule has 0 N–H and O–H groups in total. The van der Waals surface area contributed by atoms with Crippen molar-refractivity contribution in [1.29, 1.82) is 0 Å². The van der Waals surface area contributed by atoms with Crippen molar-refractivity contribution in [2.24, 2.45) is 0 Å². The van der Waals surface area contributed by atoms with Crippen LogP contribution < -0.4 is 0 Å².